The van der Waals surface area contributed by atoms with Crippen molar-refractivity contribution in [2.45, 2.75) is 55.0 Å². The smallest absolute Gasteiger partial charge is 0.238 e. The van der Waals surface area contributed by atoms with Gasteiger partial charge in [-0.3, -0.25) is 4.79 Å². The summed E-state index contributed by atoms with van der Waals surface area (Å²) in [5, 5.41) is 2.06. The first-order chi connectivity index (χ1) is 8.99. The third-order valence-electron chi connectivity index (χ3n) is 4.21. The summed E-state index contributed by atoms with van der Waals surface area (Å²) in [7, 11) is -3.20. The average Bonchev–Trinajstić information content (AvgIpc) is 2.37. The van der Waals surface area contributed by atoms with Crippen molar-refractivity contribution in [3.8, 4) is 0 Å². The van der Waals surface area contributed by atoms with E-state index < -0.39 is 15.1 Å². The van der Waals surface area contributed by atoms with Crippen molar-refractivity contribution in [1.29, 1.82) is 0 Å². The van der Waals surface area contributed by atoms with Crippen molar-refractivity contribution in [3.63, 3.8) is 0 Å². The first kappa shape index (κ1) is 15.3. The van der Waals surface area contributed by atoms with Gasteiger partial charge in [0, 0.05) is 11.4 Å². The highest BCUT2D eigenvalue weighted by molar-refractivity contribution is 9.09. The topological polar surface area (TPSA) is 63.2 Å². The van der Waals surface area contributed by atoms with Crippen LogP contribution in [0.2, 0.25) is 0 Å². The number of hydrogen-bond acceptors (Lipinski definition) is 3. The molecule has 6 heteroatoms. The zero-order chi connectivity index (χ0) is 13.9. The van der Waals surface area contributed by atoms with Crippen LogP contribution in [0.4, 0.5) is 0 Å². The first-order valence-corrected chi connectivity index (χ1v) is 9.75. The van der Waals surface area contributed by atoms with Crippen LogP contribution in [0.3, 0.4) is 0 Å². The minimum absolute atomic E-state index is 0.166. The monoisotopic (exact) mass is 351 g/mol. The van der Waals surface area contributed by atoms with Gasteiger partial charge in [0.25, 0.3) is 0 Å². The van der Waals surface area contributed by atoms with Gasteiger partial charge < -0.3 is 5.32 Å². The molecule has 0 bridgehead atoms. The number of sulfone groups is 1. The van der Waals surface area contributed by atoms with Crippen LogP contribution in [-0.4, -0.2) is 36.7 Å². The normalized spacial score (nSPS) is 34.7. The van der Waals surface area contributed by atoms with Gasteiger partial charge in [-0.15, -0.1) is 0 Å². The van der Waals surface area contributed by atoms with Crippen LogP contribution in [0.25, 0.3) is 0 Å². The Balaban J connectivity index is 1.81. The summed E-state index contributed by atoms with van der Waals surface area (Å²) in [6.07, 6.45) is 6.52. The molecular formula is C13H22BrNO3S. The molecule has 4 nitrogen and oxygen atoms in total. The summed E-state index contributed by atoms with van der Waals surface area (Å²) in [6.45, 7) is 0.630. The van der Waals surface area contributed by atoms with Crippen LogP contribution >= 0.6 is 15.9 Å². The van der Waals surface area contributed by atoms with Gasteiger partial charge in [-0.2, -0.15) is 0 Å². The number of halogens is 1. The number of nitrogens with one attached hydrogen (secondary N) is 1. The van der Waals surface area contributed by atoms with E-state index in [0.717, 1.165) is 32.1 Å². The standard InChI is InChI=1S/C13H22BrNO3S/c14-11-6-4-10(5-7-11)9-15-13(16)12-3-1-2-8-19(12,17)18/h10-12H,1-9H2,(H,15,16). The Bertz CT molecular complexity index is 416. The van der Waals surface area contributed by atoms with E-state index in [9.17, 15) is 13.2 Å². The Morgan fingerprint density at radius 2 is 1.79 bits per heavy atom. The molecule has 0 aromatic rings. The van der Waals surface area contributed by atoms with Gasteiger partial charge in [-0.25, -0.2) is 8.42 Å². The van der Waals surface area contributed by atoms with Gasteiger partial charge in [-0.1, -0.05) is 22.4 Å². The van der Waals surface area contributed by atoms with Gasteiger partial charge in [0.2, 0.25) is 5.91 Å². The minimum atomic E-state index is -3.20. The molecular weight excluding hydrogens is 330 g/mol. The van der Waals surface area contributed by atoms with E-state index in [0.29, 0.717) is 30.1 Å². The molecule has 0 radical (unpaired) electrons. The maximum absolute atomic E-state index is 12.0. The molecule has 19 heavy (non-hydrogen) atoms. The predicted octanol–water partition coefficient (Wildman–Crippen LogP) is 2.02. The number of hydrogen-bond donors (Lipinski definition) is 1. The Kier molecular flexibility index (Phi) is 5.29. The molecule has 1 atom stereocenters. The van der Waals surface area contributed by atoms with Crippen molar-refractivity contribution in [1.82, 2.24) is 5.32 Å². The summed E-state index contributed by atoms with van der Waals surface area (Å²) in [6, 6.07) is 0. The molecule has 0 aromatic carbocycles. The van der Waals surface area contributed by atoms with Gasteiger partial charge in [0.1, 0.15) is 5.25 Å². The predicted molar refractivity (Wildman–Crippen MR) is 79.1 cm³/mol. The Morgan fingerprint density at radius 3 is 2.42 bits per heavy atom. The molecule has 1 saturated heterocycles. The second-order valence-electron chi connectivity index (χ2n) is 5.71. The Hall–Kier alpha value is -0.100. The van der Waals surface area contributed by atoms with Crippen LogP contribution in [0.15, 0.2) is 0 Å². The van der Waals surface area contributed by atoms with Gasteiger partial charge in [-0.05, 0) is 44.4 Å². The summed E-state index contributed by atoms with van der Waals surface area (Å²) >= 11 is 3.61. The molecule has 0 spiro atoms. The summed E-state index contributed by atoms with van der Waals surface area (Å²) in [4.78, 5) is 12.6. The third-order valence-corrected chi connectivity index (χ3v) is 7.30. The SMILES string of the molecule is O=C(NCC1CCC(Br)CC1)C1CCCCS1(=O)=O. The van der Waals surface area contributed by atoms with Gasteiger partial charge >= 0.3 is 0 Å². The van der Waals surface area contributed by atoms with Crippen molar-refractivity contribution in [3.05, 3.63) is 0 Å². The average molecular weight is 352 g/mol. The van der Waals surface area contributed by atoms with Crippen LogP contribution in [0.1, 0.15) is 44.9 Å². The van der Waals surface area contributed by atoms with Crippen LogP contribution in [-0.2, 0) is 14.6 Å². The highest BCUT2D eigenvalue weighted by Gasteiger charge is 2.34. The lowest BCUT2D eigenvalue weighted by Gasteiger charge is -2.27. The molecule has 1 amide bonds. The molecule has 2 rings (SSSR count). The van der Waals surface area contributed by atoms with E-state index in [1.807, 2.05) is 0 Å². The highest BCUT2D eigenvalue weighted by atomic mass is 79.9. The lowest BCUT2D eigenvalue weighted by Crippen LogP contribution is -2.44. The number of alkyl halides is 1. The minimum Gasteiger partial charge on any atom is -0.355 e. The third kappa shape index (κ3) is 4.18. The summed E-state index contributed by atoms with van der Waals surface area (Å²) < 4.78 is 23.7. The van der Waals surface area contributed by atoms with E-state index in [1.165, 1.54) is 0 Å². The Morgan fingerprint density at radius 1 is 1.11 bits per heavy atom. The van der Waals surface area contributed by atoms with Crippen molar-refractivity contribution in [2.75, 3.05) is 12.3 Å². The quantitative estimate of drug-likeness (QED) is 0.791. The van der Waals surface area contributed by atoms with Crippen LogP contribution < -0.4 is 5.32 Å². The molecule has 2 fully saturated rings. The van der Waals surface area contributed by atoms with E-state index in [4.69, 9.17) is 0 Å². The van der Waals surface area contributed by atoms with E-state index in [-0.39, 0.29) is 11.7 Å². The van der Waals surface area contributed by atoms with Crippen molar-refractivity contribution >= 4 is 31.7 Å². The van der Waals surface area contributed by atoms with Crippen molar-refractivity contribution in [2.24, 2.45) is 5.92 Å². The molecule has 1 unspecified atom stereocenters. The van der Waals surface area contributed by atoms with Crippen molar-refractivity contribution < 1.29 is 13.2 Å². The lowest BCUT2D eigenvalue weighted by molar-refractivity contribution is -0.121. The van der Waals surface area contributed by atoms with E-state index in [1.54, 1.807) is 0 Å². The van der Waals surface area contributed by atoms with E-state index in [2.05, 4.69) is 21.2 Å². The fourth-order valence-electron chi connectivity index (χ4n) is 2.93. The second-order valence-corrected chi connectivity index (χ2v) is 9.31. The summed E-state index contributed by atoms with van der Waals surface area (Å²) in [5.41, 5.74) is 0. The number of carbonyl (C=O) groups is 1. The van der Waals surface area contributed by atoms with Gasteiger partial charge in [0.05, 0.1) is 5.75 Å². The van der Waals surface area contributed by atoms with E-state index >= 15 is 0 Å². The number of amides is 1. The maximum atomic E-state index is 12.0. The molecule has 2 aliphatic rings. The fraction of sp³-hybridized carbons (Fsp3) is 0.923. The second kappa shape index (κ2) is 6.57. The first-order valence-electron chi connectivity index (χ1n) is 7.12. The largest absolute Gasteiger partial charge is 0.355 e. The molecule has 1 saturated carbocycles. The molecule has 110 valence electrons. The number of rotatable bonds is 3. The molecule has 1 aliphatic heterocycles. The molecule has 0 aromatic heterocycles. The van der Waals surface area contributed by atoms with Crippen LogP contribution in [0, 0.1) is 5.92 Å². The maximum Gasteiger partial charge on any atom is 0.238 e. The molecule has 1 heterocycles. The molecule has 1 aliphatic carbocycles. The Labute approximate surface area is 123 Å². The van der Waals surface area contributed by atoms with Crippen LogP contribution in [0.5, 0.6) is 0 Å². The lowest BCUT2D eigenvalue weighted by atomic mass is 9.89. The highest BCUT2D eigenvalue weighted by Crippen LogP contribution is 2.28. The zero-order valence-electron chi connectivity index (χ0n) is 11.1. The number of carbonyl (C=O) groups excluding carboxylic acids is 1. The van der Waals surface area contributed by atoms with Gasteiger partial charge in [0.15, 0.2) is 9.84 Å². The summed E-state index contributed by atoms with van der Waals surface area (Å²) in [5.74, 6) is 0.393. The zero-order valence-corrected chi connectivity index (χ0v) is 13.5. The molecule has 1 N–H and O–H groups in total. The fourth-order valence-corrected chi connectivity index (χ4v) is 5.29.